The number of thiophene rings is 1. The lowest BCUT2D eigenvalue weighted by molar-refractivity contribution is 0.0950. The Bertz CT molecular complexity index is 685. The maximum atomic E-state index is 12.5. The van der Waals surface area contributed by atoms with Gasteiger partial charge in [0.15, 0.2) is 0 Å². The molecule has 25 heavy (non-hydrogen) atoms. The van der Waals surface area contributed by atoms with Crippen molar-refractivity contribution in [3.8, 4) is 0 Å². The lowest BCUT2D eigenvalue weighted by Crippen LogP contribution is -2.29. The molecular weight excluding hydrogens is 334 g/mol. The minimum Gasteiger partial charge on any atom is -0.351 e. The van der Waals surface area contributed by atoms with Crippen LogP contribution in [0.5, 0.6) is 0 Å². The van der Waals surface area contributed by atoms with Gasteiger partial charge in [-0.25, -0.2) is 0 Å². The predicted octanol–water partition coefficient (Wildman–Crippen LogP) is 4.34. The van der Waals surface area contributed by atoms with Gasteiger partial charge in [0, 0.05) is 24.5 Å². The molecule has 2 aromatic rings. The maximum Gasteiger partial charge on any atom is 0.263 e. The van der Waals surface area contributed by atoms with Crippen LogP contribution in [0.3, 0.4) is 0 Å². The molecule has 1 unspecified atom stereocenters. The molecule has 0 radical (unpaired) electrons. The number of carbonyl (C=O) groups is 2. The van der Waals surface area contributed by atoms with Gasteiger partial charge in [-0.3, -0.25) is 14.6 Å². The van der Waals surface area contributed by atoms with E-state index in [9.17, 15) is 9.59 Å². The molecule has 0 aliphatic carbocycles. The first-order valence-electron chi connectivity index (χ1n) is 8.72. The summed E-state index contributed by atoms with van der Waals surface area (Å²) in [4.78, 5) is 29.2. The summed E-state index contributed by atoms with van der Waals surface area (Å²) in [5.41, 5.74) is 1.06. The molecule has 2 N–H and O–H groups in total. The molecule has 0 aromatic carbocycles. The number of amides is 2. The minimum atomic E-state index is -0.246. The largest absolute Gasteiger partial charge is 0.351 e. The average molecular weight is 359 g/mol. The van der Waals surface area contributed by atoms with Crippen molar-refractivity contribution in [3.05, 3.63) is 46.4 Å². The number of anilines is 1. The fourth-order valence-corrected chi connectivity index (χ4v) is 3.31. The van der Waals surface area contributed by atoms with E-state index in [2.05, 4.69) is 29.5 Å². The van der Waals surface area contributed by atoms with Gasteiger partial charge in [-0.1, -0.05) is 33.1 Å². The van der Waals surface area contributed by atoms with Crippen LogP contribution in [0.1, 0.15) is 59.6 Å². The van der Waals surface area contributed by atoms with Gasteiger partial charge in [0.25, 0.3) is 11.8 Å². The van der Waals surface area contributed by atoms with Crippen molar-refractivity contribution < 1.29 is 9.59 Å². The van der Waals surface area contributed by atoms with E-state index in [1.807, 2.05) is 5.38 Å². The van der Waals surface area contributed by atoms with Gasteiger partial charge in [-0.2, -0.15) is 0 Å². The molecule has 0 fully saturated rings. The number of rotatable bonds is 9. The highest BCUT2D eigenvalue weighted by Crippen LogP contribution is 2.23. The fraction of sp³-hybridized carbons (Fsp3) is 0.421. The number of carbonyl (C=O) groups excluding carboxylic acids is 2. The molecule has 0 spiro atoms. The molecule has 0 saturated carbocycles. The molecule has 0 bridgehead atoms. The van der Waals surface area contributed by atoms with E-state index in [0.29, 0.717) is 28.6 Å². The van der Waals surface area contributed by atoms with Gasteiger partial charge in [0.1, 0.15) is 4.88 Å². The first kappa shape index (κ1) is 19.1. The van der Waals surface area contributed by atoms with Crippen molar-refractivity contribution in [3.63, 3.8) is 0 Å². The van der Waals surface area contributed by atoms with Crippen LogP contribution in [0.4, 0.5) is 5.69 Å². The van der Waals surface area contributed by atoms with Crippen LogP contribution in [0.25, 0.3) is 0 Å². The van der Waals surface area contributed by atoms with Gasteiger partial charge in [0.05, 0.1) is 5.69 Å². The molecule has 0 aliphatic heterocycles. The Balaban J connectivity index is 1.95. The Labute approximate surface area is 152 Å². The van der Waals surface area contributed by atoms with Crippen molar-refractivity contribution in [2.45, 2.75) is 39.5 Å². The molecule has 5 nitrogen and oxygen atoms in total. The summed E-state index contributed by atoms with van der Waals surface area (Å²) in [5.74, 6) is 0.123. The van der Waals surface area contributed by atoms with Crippen molar-refractivity contribution >= 4 is 28.8 Å². The molecule has 2 aromatic heterocycles. The third kappa shape index (κ3) is 5.67. The van der Waals surface area contributed by atoms with E-state index >= 15 is 0 Å². The van der Waals surface area contributed by atoms with Gasteiger partial charge in [-0.05, 0) is 35.9 Å². The normalized spacial score (nSPS) is 11.8. The molecule has 2 amide bonds. The Kier molecular flexibility index (Phi) is 7.60. The Hall–Kier alpha value is -2.21. The van der Waals surface area contributed by atoms with Gasteiger partial charge < -0.3 is 10.6 Å². The summed E-state index contributed by atoms with van der Waals surface area (Å²) in [6.45, 7) is 5.00. The van der Waals surface area contributed by atoms with Crippen molar-refractivity contribution in [2.24, 2.45) is 5.92 Å². The van der Waals surface area contributed by atoms with E-state index in [0.717, 1.165) is 12.8 Å². The van der Waals surface area contributed by atoms with Gasteiger partial charge in [0.2, 0.25) is 0 Å². The predicted molar refractivity (Wildman–Crippen MR) is 102 cm³/mol. The number of hydrogen-bond donors (Lipinski definition) is 2. The number of pyridine rings is 1. The molecule has 0 saturated heterocycles. The topological polar surface area (TPSA) is 71.1 Å². The monoisotopic (exact) mass is 359 g/mol. The highest BCUT2D eigenvalue weighted by Gasteiger charge is 2.17. The summed E-state index contributed by atoms with van der Waals surface area (Å²) in [7, 11) is 0. The van der Waals surface area contributed by atoms with Crippen LogP contribution in [-0.2, 0) is 0 Å². The zero-order chi connectivity index (χ0) is 18.1. The number of unbranched alkanes of at least 4 members (excludes halogenated alkanes) is 1. The summed E-state index contributed by atoms with van der Waals surface area (Å²) >= 11 is 1.33. The average Bonchev–Trinajstić information content (AvgIpc) is 3.10. The van der Waals surface area contributed by atoms with E-state index < -0.39 is 0 Å². The van der Waals surface area contributed by atoms with Gasteiger partial charge in [-0.15, -0.1) is 11.3 Å². The van der Waals surface area contributed by atoms with Crippen molar-refractivity contribution in [1.29, 1.82) is 0 Å². The standard InChI is InChI=1S/C19H25N3O2S/c1-3-5-6-14(4-2)13-21-19(24)17-16(9-12-25-17)22-18(23)15-7-10-20-11-8-15/h7-12,14H,3-6,13H2,1-2H3,(H,21,24)(H,22,23). The van der Waals surface area contributed by atoms with Crippen molar-refractivity contribution in [2.75, 3.05) is 11.9 Å². The first-order chi connectivity index (χ1) is 12.2. The van der Waals surface area contributed by atoms with Crippen molar-refractivity contribution in [1.82, 2.24) is 10.3 Å². The van der Waals surface area contributed by atoms with E-state index in [4.69, 9.17) is 0 Å². The SMILES string of the molecule is CCCCC(CC)CNC(=O)c1sccc1NC(=O)c1ccncc1. The maximum absolute atomic E-state index is 12.5. The lowest BCUT2D eigenvalue weighted by atomic mass is 9.99. The van der Waals surface area contributed by atoms with Crippen LogP contribution < -0.4 is 10.6 Å². The van der Waals surface area contributed by atoms with Crippen LogP contribution in [0.2, 0.25) is 0 Å². The van der Waals surface area contributed by atoms with E-state index in [1.54, 1.807) is 30.6 Å². The second-order valence-corrected chi connectivity index (χ2v) is 6.90. The second kappa shape index (κ2) is 9.93. The molecule has 1 atom stereocenters. The third-order valence-electron chi connectivity index (χ3n) is 4.16. The second-order valence-electron chi connectivity index (χ2n) is 5.98. The smallest absolute Gasteiger partial charge is 0.263 e. The lowest BCUT2D eigenvalue weighted by Gasteiger charge is -2.15. The van der Waals surface area contributed by atoms with E-state index in [1.165, 1.54) is 24.2 Å². The quantitative estimate of drug-likeness (QED) is 0.699. The number of aromatic nitrogens is 1. The number of nitrogens with zero attached hydrogens (tertiary/aromatic N) is 1. The number of hydrogen-bond acceptors (Lipinski definition) is 4. The summed E-state index contributed by atoms with van der Waals surface area (Å²) in [6.07, 6.45) is 7.66. The zero-order valence-electron chi connectivity index (χ0n) is 14.7. The van der Waals surface area contributed by atoms with Crippen LogP contribution in [0.15, 0.2) is 36.0 Å². The molecule has 2 heterocycles. The van der Waals surface area contributed by atoms with Crippen LogP contribution >= 0.6 is 11.3 Å². The highest BCUT2D eigenvalue weighted by molar-refractivity contribution is 7.12. The zero-order valence-corrected chi connectivity index (χ0v) is 15.6. The fourth-order valence-electron chi connectivity index (χ4n) is 2.54. The molecule has 2 rings (SSSR count). The Morgan fingerprint density at radius 3 is 2.60 bits per heavy atom. The number of nitrogens with one attached hydrogen (secondary N) is 2. The Morgan fingerprint density at radius 1 is 1.16 bits per heavy atom. The molecule has 134 valence electrons. The summed E-state index contributed by atoms with van der Waals surface area (Å²) in [5, 5.41) is 7.63. The van der Waals surface area contributed by atoms with E-state index in [-0.39, 0.29) is 11.8 Å². The van der Waals surface area contributed by atoms with Crippen LogP contribution in [-0.4, -0.2) is 23.3 Å². The molecular formula is C19H25N3O2S. The van der Waals surface area contributed by atoms with Crippen LogP contribution in [0, 0.1) is 5.92 Å². The molecule has 6 heteroatoms. The minimum absolute atomic E-state index is 0.130. The Morgan fingerprint density at radius 2 is 1.92 bits per heavy atom. The summed E-state index contributed by atoms with van der Waals surface area (Å²) in [6, 6.07) is 5.04. The third-order valence-corrected chi connectivity index (χ3v) is 5.07. The highest BCUT2D eigenvalue weighted by atomic mass is 32.1. The summed E-state index contributed by atoms with van der Waals surface area (Å²) < 4.78 is 0. The first-order valence-corrected chi connectivity index (χ1v) is 9.60. The van der Waals surface area contributed by atoms with Gasteiger partial charge >= 0.3 is 0 Å². The molecule has 0 aliphatic rings.